The van der Waals surface area contributed by atoms with Gasteiger partial charge in [0.2, 0.25) is 0 Å². The molecule has 1 heterocycles. The van der Waals surface area contributed by atoms with E-state index in [-0.39, 0.29) is 12.4 Å². The summed E-state index contributed by atoms with van der Waals surface area (Å²) in [6.45, 7) is 3.61. The molecule has 1 aromatic carbocycles. The maximum Gasteiger partial charge on any atom is 0.130 e. The van der Waals surface area contributed by atoms with Crippen LogP contribution in [0.4, 0.5) is 8.78 Å². The summed E-state index contributed by atoms with van der Waals surface area (Å²) in [4.78, 5) is 2.24. The van der Waals surface area contributed by atoms with E-state index in [0.29, 0.717) is 12.1 Å². The number of rotatable bonds is 4. The Labute approximate surface area is 119 Å². The monoisotopic (exact) mass is 290 g/mol. The van der Waals surface area contributed by atoms with Gasteiger partial charge in [-0.25, -0.2) is 8.78 Å². The molecular formula is C14H21ClF2N2. The minimum absolute atomic E-state index is 0. The number of likely N-dealkylation sites (tertiary alicyclic amines) is 1. The Balaban J connectivity index is 0.00000180. The topological polar surface area (TPSA) is 15.3 Å². The number of hydrogen-bond acceptors (Lipinski definition) is 2. The van der Waals surface area contributed by atoms with Gasteiger partial charge in [-0.1, -0.05) is 6.07 Å². The second-order valence-corrected chi connectivity index (χ2v) is 5.01. The van der Waals surface area contributed by atoms with Crippen LogP contribution in [0.3, 0.4) is 0 Å². The molecule has 0 atom stereocenters. The lowest BCUT2D eigenvalue weighted by atomic mass is 9.96. The first kappa shape index (κ1) is 16.3. The van der Waals surface area contributed by atoms with Crippen molar-refractivity contribution < 1.29 is 8.78 Å². The van der Waals surface area contributed by atoms with Crippen molar-refractivity contribution in [3.63, 3.8) is 0 Å². The van der Waals surface area contributed by atoms with Crippen molar-refractivity contribution in [3.05, 3.63) is 35.4 Å². The summed E-state index contributed by atoms with van der Waals surface area (Å²) in [5.41, 5.74) is 0.587. The van der Waals surface area contributed by atoms with Gasteiger partial charge in [0.25, 0.3) is 0 Å². The fraction of sp³-hybridized carbons (Fsp3) is 0.571. The minimum atomic E-state index is -0.510. The summed E-state index contributed by atoms with van der Waals surface area (Å²) >= 11 is 0. The first-order chi connectivity index (χ1) is 8.69. The van der Waals surface area contributed by atoms with Crippen molar-refractivity contribution in [2.45, 2.75) is 19.4 Å². The van der Waals surface area contributed by atoms with Gasteiger partial charge >= 0.3 is 0 Å². The lowest BCUT2D eigenvalue weighted by molar-refractivity contribution is 0.175. The maximum atomic E-state index is 13.5. The molecule has 0 radical (unpaired) electrons. The molecule has 1 aliphatic rings. The van der Waals surface area contributed by atoms with Crippen LogP contribution in [-0.2, 0) is 6.54 Å². The van der Waals surface area contributed by atoms with E-state index in [9.17, 15) is 8.78 Å². The van der Waals surface area contributed by atoms with Crippen LogP contribution >= 0.6 is 12.4 Å². The molecular weight excluding hydrogens is 270 g/mol. The number of piperidine rings is 1. The lowest BCUT2D eigenvalue weighted by Gasteiger charge is -2.31. The van der Waals surface area contributed by atoms with Crippen molar-refractivity contribution in [3.8, 4) is 0 Å². The molecule has 2 rings (SSSR count). The van der Waals surface area contributed by atoms with Crippen molar-refractivity contribution >= 4 is 12.4 Å². The van der Waals surface area contributed by atoms with Crippen molar-refractivity contribution in [2.75, 3.05) is 26.7 Å². The van der Waals surface area contributed by atoms with Gasteiger partial charge in [0.15, 0.2) is 0 Å². The van der Waals surface area contributed by atoms with Crippen molar-refractivity contribution in [2.24, 2.45) is 5.92 Å². The predicted molar refractivity (Wildman–Crippen MR) is 75.5 cm³/mol. The fourth-order valence-corrected chi connectivity index (χ4v) is 2.53. The summed E-state index contributed by atoms with van der Waals surface area (Å²) < 4.78 is 26.3. The Kier molecular flexibility index (Phi) is 6.69. The quantitative estimate of drug-likeness (QED) is 0.917. The number of nitrogens with one attached hydrogen (secondary N) is 1. The highest BCUT2D eigenvalue weighted by atomic mass is 35.5. The largest absolute Gasteiger partial charge is 0.319 e. The Bertz CT molecular complexity index is 393. The third kappa shape index (κ3) is 4.71. The average molecular weight is 291 g/mol. The second kappa shape index (κ2) is 7.78. The Morgan fingerprint density at radius 2 is 1.95 bits per heavy atom. The zero-order valence-electron chi connectivity index (χ0n) is 11.2. The highest BCUT2D eigenvalue weighted by Gasteiger charge is 2.19. The molecule has 5 heteroatoms. The van der Waals surface area contributed by atoms with Crippen molar-refractivity contribution in [1.29, 1.82) is 0 Å². The molecule has 0 amide bonds. The second-order valence-electron chi connectivity index (χ2n) is 5.01. The van der Waals surface area contributed by atoms with Crippen LogP contribution in [0, 0.1) is 17.6 Å². The normalized spacial score (nSPS) is 17.2. The van der Waals surface area contributed by atoms with E-state index >= 15 is 0 Å². The third-order valence-corrected chi connectivity index (χ3v) is 3.61. The van der Waals surface area contributed by atoms with Gasteiger partial charge in [-0.3, -0.25) is 4.90 Å². The molecule has 1 saturated heterocycles. The maximum absolute atomic E-state index is 13.5. The first-order valence-electron chi connectivity index (χ1n) is 6.50. The van der Waals surface area contributed by atoms with Crippen LogP contribution in [0.1, 0.15) is 18.4 Å². The third-order valence-electron chi connectivity index (χ3n) is 3.61. The van der Waals surface area contributed by atoms with Gasteiger partial charge < -0.3 is 5.32 Å². The molecule has 0 bridgehead atoms. The summed E-state index contributed by atoms with van der Waals surface area (Å²) in [6, 6.07) is 3.83. The van der Waals surface area contributed by atoms with E-state index < -0.39 is 11.6 Å². The Hall–Kier alpha value is -0.710. The highest BCUT2D eigenvalue weighted by molar-refractivity contribution is 5.85. The van der Waals surface area contributed by atoms with Crippen LogP contribution in [0.25, 0.3) is 0 Å². The van der Waals surface area contributed by atoms with Gasteiger partial charge in [-0.05, 0) is 51.5 Å². The first-order valence-corrected chi connectivity index (χ1v) is 6.50. The SMILES string of the molecule is CNCC1CCN(Cc2ccc(F)cc2F)CC1.Cl. The Morgan fingerprint density at radius 1 is 1.26 bits per heavy atom. The van der Waals surface area contributed by atoms with E-state index in [0.717, 1.165) is 44.5 Å². The number of halogens is 3. The van der Waals surface area contributed by atoms with Crippen LogP contribution in [-0.4, -0.2) is 31.6 Å². The van der Waals surface area contributed by atoms with E-state index in [1.54, 1.807) is 6.07 Å². The average Bonchev–Trinajstić information content (AvgIpc) is 2.35. The molecule has 0 saturated carbocycles. The van der Waals surface area contributed by atoms with E-state index in [4.69, 9.17) is 0 Å². The number of benzene rings is 1. The molecule has 1 N–H and O–H groups in total. The molecule has 2 nitrogen and oxygen atoms in total. The highest BCUT2D eigenvalue weighted by Crippen LogP contribution is 2.19. The molecule has 0 unspecified atom stereocenters. The fourth-order valence-electron chi connectivity index (χ4n) is 2.53. The molecule has 0 aromatic heterocycles. The predicted octanol–water partition coefficient (Wildman–Crippen LogP) is 2.82. The smallest absolute Gasteiger partial charge is 0.130 e. The van der Waals surface area contributed by atoms with E-state index in [1.807, 2.05) is 7.05 Å². The van der Waals surface area contributed by atoms with Gasteiger partial charge in [-0.15, -0.1) is 12.4 Å². The molecule has 1 aliphatic heterocycles. The summed E-state index contributed by atoms with van der Waals surface area (Å²) in [5.74, 6) is -0.222. The van der Waals surface area contributed by atoms with E-state index in [2.05, 4.69) is 10.2 Å². The minimum Gasteiger partial charge on any atom is -0.319 e. The van der Waals surface area contributed by atoms with Crippen LogP contribution in [0.2, 0.25) is 0 Å². The van der Waals surface area contributed by atoms with Crippen molar-refractivity contribution in [1.82, 2.24) is 10.2 Å². The zero-order valence-corrected chi connectivity index (χ0v) is 12.0. The zero-order chi connectivity index (χ0) is 13.0. The van der Waals surface area contributed by atoms with Gasteiger partial charge in [-0.2, -0.15) is 0 Å². The van der Waals surface area contributed by atoms with Gasteiger partial charge in [0, 0.05) is 18.2 Å². The molecule has 19 heavy (non-hydrogen) atoms. The standard InChI is InChI=1S/C14H20F2N2.ClH/c1-17-9-11-4-6-18(7-5-11)10-12-2-3-13(15)8-14(12)16;/h2-3,8,11,17H,4-7,9-10H2,1H3;1H. The molecule has 0 aliphatic carbocycles. The number of nitrogens with zero attached hydrogens (tertiary/aromatic N) is 1. The molecule has 1 fully saturated rings. The van der Waals surface area contributed by atoms with Gasteiger partial charge in [0.05, 0.1) is 0 Å². The summed E-state index contributed by atoms with van der Waals surface area (Å²) in [5, 5.41) is 3.20. The van der Waals surface area contributed by atoms with E-state index in [1.165, 1.54) is 6.07 Å². The van der Waals surface area contributed by atoms with Crippen LogP contribution in [0.5, 0.6) is 0 Å². The van der Waals surface area contributed by atoms with Crippen LogP contribution < -0.4 is 5.32 Å². The number of hydrogen-bond donors (Lipinski definition) is 1. The van der Waals surface area contributed by atoms with Gasteiger partial charge in [0.1, 0.15) is 11.6 Å². The van der Waals surface area contributed by atoms with Crippen LogP contribution in [0.15, 0.2) is 18.2 Å². The Morgan fingerprint density at radius 3 is 2.53 bits per heavy atom. The molecule has 108 valence electrons. The molecule has 1 aromatic rings. The molecule has 0 spiro atoms. The summed E-state index contributed by atoms with van der Waals surface area (Å²) in [7, 11) is 1.97. The summed E-state index contributed by atoms with van der Waals surface area (Å²) in [6.07, 6.45) is 2.29. The lowest BCUT2D eigenvalue weighted by Crippen LogP contribution is -2.36.